The van der Waals surface area contributed by atoms with Crippen LogP contribution in [0.4, 0.5) is 5.82 Å². The van der Waals surface area contributed by atoms with Gasteiger partial charge >= 0.3 is 0 Å². The Morgan fingerprint density at radius 2 is 2.00 bits per heavy atom. The van der Waals surface area contributed by atoms with Crippen LogP contribution in [0, 0.1) is 15.4 Å². The first-order valence-corrected chi connectivity index (χ1v) is 6.98. The molecule has 0 bridgehead atoms. The minimum Gasteiger partial charge on any atom is -0.367 e. The SMILES string of the molecule is Ic1ccc(NC2C[C@H]3CNC[C@H]3C2)nc1. The summed E-state index contributed by atoms with van der Waals surface area (Å²) in [5.74, 6) is 2.81. The van der Waals surface area contributed by atoms with E-state index in [9.17, 15) is 0 Å². The Morgan fingerprint density at radius 3 is 2.62 bits per heavy atom. The number of rotatable bonds is 2. The summed E-state index contributed by atoms with van der Waals surface area (Å²) in [6.45, 7) is 2.42. The van der Waals surface area contributed by atoms with Gasteiger partial charge in [0.15, 0.2) is 0 Å². The Hall–Kier alpha value is -0.360. The van der Waals surface area contributed by atoms with E-state index in [1.165, 1.54) is 29.5 Å². The number of aromatic nitrogens is 1. The Bertz CT molecular complexity index is 353. The van der Waals surface area contributed by atoms with E-state index in [1.807, 2.05) is 6.20 Å². The summed E-state index contributed by atoms with van der Waals surface area (Å²) in [7, 11) is 0. The second kappa shape index (κ2) is 4.49. The van der Waals surface area contributed by atoms with Crippen LogP contribution >= 0.6 is 22.6 Å². The molecule has 0 radical (unpaired) electrons. The van der Waals surface area contributed by atoms with Crippen LogP contribution in [0.3, 0.4) is 0 Å². The Morgan fingerprint density at radius 1 is 1.25 bits per heavy atom. The summed E-state index contributed by atoms with van der Waals surface area (Å²) in [6, 6.07) is 4.81. The summed E-state index contributed by atoms with van der Waals surface area (Å²) >= 11 is 2.28. The number of anilines is 1. The lowest BCUT2D eigenvalue weighted by molar-refractivity contribution is 0.494. The predicted octanol–water partition coefficient (Wildman–Crippen LogP) is 2.10. The van der Waals surface area contributed by atoms with Crippen LogP contribution in [-0.4, -0.2) is 24.1 Å². The molecular formula is C12H16IN3. The largest absolute Gasteiger partial charge is 0.367 e. The van der Waals surface area contributed by atoms with Crippen molar-refractivity contribution >= 4 is 28.4 Å². The summed E-state index contributed by atoms with van der Waals surface area (Å²) in [4.78, 5) is 4.40. The summed E-state index contributed by atoms with van der Waals surface area (Å²) in [5.41, 5.74) is 0. The molecule has 2 heterocycles. The van der Waals surface area contributed by atoms with Gasteiger partial charge in [0.25, 0.3) is 0 Å². The van der Waals surface area contributed by atoms with E-state index in [-0.39, 0.29) is 0 Å². The minimum absolute atomic E-state index is 0.629. The fourth-order valence-corrected chi connectivity index (χ4v) is 3.27. The van der Waals surface area contributed by atoms with Gasteiger partial charge < -0.3 is 10.6 Å². The lowest BCUT2D eigenvalue weighted by Gasteiger charge is -2.14. The molecule has 1 saturated heterocycles. The van der Waals surface area contributed by atoms with E-state index in [0.717, 1.165) is 17.7 Å². The molecule has 2 aliphatic rings. The van der Waals surface area contributed by atoms with Crippen LogP contribution in [0.25, 0.3) is 0 Å². The quantitative estimate of drug-likeness (QED) is 0.816. The summed E-state index contributed by atoms with van der Waals surface area (Å²) in [5, 5.41) is 7.03. The Labute approximate surface area is 110 Å². The maximum absolute atomic E-state index is 4.40. The van der Waals surface area contributed by atoms with Crippen LogP contribution < -0.4 is 10.6 Å². The van der Waals surface area contributed by atoms with E-state index >= 15 is 0 Å². The number of hydrogen-bond donors (Lipinski definition) is 2. The van der Waals surface area contributed by atoms with Gasteiger partial charge in [0.05, 0.1) is 0 Å². The normalized spacial score (nSPS) is 32.7. The van der Waals surface area contributed by atoms with Crippen molar-refractivity contribution in [1.29, 1.82) is 0 Å². The van der Waals surface area contributed by atoms with Crippen LogP contribution in [0.1, 0.15) is 12.8 Å². The van der Waals surface area contributed by atoms with Crippen molar-refractivity contribution in [3.63, 3.8) is 0 Å². The molecule has 1 saturated carbocycles. The van der Waals surface area contributed by atoms with Crippen LogP contribution in [0.5, 0.6) is 0 Å². The number of halogens is 1. The topological polar surface area (TPSA) is 37.0 Å². The first kappa shape index (κ1) is 10.8. The highest BCUT2D eigenvalue weighted by Crippen LogP contribution is 2.35. The lowest BCUT2D eigenvalue weighted by Crippen LogP contribution is -2.20. The molecule has 2 fully saturated rings. The third-order valence-corrected chi connectivity index (χ3v) is 4.37. The second-order valence-electron chi connectivity index (χ2n) is 4.85. The number of hydrogen-bond acceptors (Lipinski definition) is 3. The highest BCUT2D eigenvalue weighted by Gasteiger charge is 2.37. The van der Waals surface area contributed by atoms with E-state index < -0.39 is 0 Å². The third kappa shape index (κ3) is 2.18. The fourth-order valence-electron chi connectivity index (χ4n) is 2.95. The fraction of sp³-hybridized carbons (Fsp3) is 0.583. The summed E-state index contributed by atoms with van der Waals surface area (Å²) < 4.78 is 1.19. The molecule has 3 nitrogen and oxygen atoms in total. The number of pyridine rings is 1. The third-order valence-electron chi connectivity index (χ3n) is 3.73. The van der Waals surface area contributed by atoms with Gasteiger partial charge in [0.2, 0.25) is 0 Å². The van der Waals surface area contributed by atoms with Crippen molar-refractivity contribution in [2.75, 3.05) is 18.4 Å². The molecule has 3 rings (SSSR count). The minimum atomic E-state index is 0.629. The van der Waals surface area contributed by atoms with Crippen molar-refractivity contribution in [3.8, 4) is 0 Å². The average molecular weight is 329 g/mol. The van der Waals surface area contributed by atoms with Crippen molar-refractivity contribution < 1.29 is 0 Å². The molecule has 86 valence electrons. The van der Waals surface area contributed by atoms with Gasteiger partial charge in [0, 0.05) is 15.8 Å². The summed E-state index contributed by atoms with van der Waals surface area (Å²) in [6.07, 6.45) is 4.51. The van der Waals surface area contributed by atoms with E-state index in [2.05, 4.69) is 50.3 Å². The van der Waals surface area contributed by atoms with Gasteiger partial charge in [-0.1, -0.05) is 0 Å². The van der Waals surface area contributed by atoms with Gasteiger partial charge in [0.1, 0.15) is 5.82 Å². The zero-order chi connectivity index (χ0) is 11.0. The zero-order valence-electron chi connectivity index (χ0n) is 9.12. The Kier molecular flexibility index (Phi) is 3.02. The first-order valence-electron chi connectivity index (χ1n) is 5.90. The number of nitrogens with zero attached hydrogens (tertiary/aromatic N) is 1. The molecule has 3 atom stereocenters. The predicted molar refractivity (Wildman–Crippen MR) is 73.4 cm³/mol. The molecule has 4 heteroatoms. The molecule has 0 aromatic carbocycles. The maximum Gasteiger partial charge on any atom is 0.126 e. The molecule has 1 aliphatic carbocycles. The molecule has 1 aromatic rings. The molecule has 16 heavy (non-hydrogen) atoms. The highest BCUT2D eigenvalue weighted by molar-refractivity contribution is 14.1. The number of fused-ring (bicyclic) bond motifs is 1. The zero-order valence-corrected chi connectivity index (χ0v) is 11.3. The maximum atomic E-state index is 4.40. The standard InChI is InChI=1S/C12H16IN3/c13-10-1-2-12(15-7-10)16-11-3-8-5-14-6-9(8)4-11/h1-2,7-9,11,14H,3-6H2,(H,15,16)/t8-,9+,11?. The highest BCUT2D eigenvalue weighted by atomic mass is 127. The van der Waals surface area contributed by atoms with E-state index in [0.29, 0.717) is 6.04 Å². The van der Waals surface area contributed by atoms with Crippen molar-refractivity contribution in [2.24, 2.45) is 11.8 Å². The molecular weight excluding hydrogens is 313 g/mol. The van der Waals surface area contributed by atoms with Crippen LogP contribution in [0.2, 0.25) is 0 Å². The lowest BCUT2D eigenvalue weighted by atomic mass is 10.0. The van der Waals surface area contributed by atoms with E-state index in [4.69, 9.17) is 0 Å². The van der Waals surface area contributed by atoms with Crippen LogP contribution in [0.15, 0.2) is 18.3 Å². The molecule has 1 unspecified atom stereocenters. The van der Waals surface area contributed by atoms with Crippen molar-refractivity contribution in [3.05, 3.63) is 21.9 Å². The molecule has 1 aliphatic heterocycles. The van der Waals surface area contributed by atoms with Crippen LogP contribution in [-0.2, 0) is 0 Å². The van der Waals surface area contributed by atoms with E-state index in [1.54, 1.807) is 0 Å². The van der Waals surface area contributed by atoms with Crippen molar-refractivity contribution in [1.82, 2.24) is 10.3 Å². The van der Waals surface area contributed by atoms with Gasteiger partial charge in [-0.3, -0.25) is 0 Å². The molecule has 2 N–H and O–H groups in total. The van der Waals surface area contributed by atoms with Gasteiger partial charge in [-0.15, -0.1) is 0 Å². The Balaban J connectivity index is 1.62. The van der Waals surface area contributed by atoms with Gasteiger partial charge in [-0.25, -0.2) is 4.98 Å². The van der Waals surface area contributed by atoms with Gasteiger partial charge in [-0.05, 0) is 72.5 Å². The average Bonchev–Trinajstić information content (AvgIpc) is 2.81. The number of nitrogens with one attached hydrogen (secondary N) is 2. The smallest absolute Gasteiger partial charge is 0.126 e. The molecule has 0 spiro atoms. The molecule has 0 amide bonds. The van der Waals surface area contributed by atoms with Gasteiger partial charge in [-0.2, -0.15) is 0 Å². The first-order chi connectivity index (χ1) is 7.81. The molecule has 1 aromatic heterocycles. The van der Waals surface area contributed by atoms with Crippen molar-refractivity contribution in [2.45, 2.75) is 18.9 Å². The second-order valence-corrected chi connectivity index (χ2v) is 6.10. The monoisotopic (exact) mass is 329 g/mol.